The van der Waals surface area contributed by atoms with Gasteiger partial charge in [-0.2, -0.15) is 0 Å². The van der Waals surface area contributed by atoms with E-state index in [0.29, 0.717) is 12.5 Å². The Kier molecular flexibility index (Phi) is 5.03. The molecule has 0 aliphatic carbocycles. The largest absolute Gasteiger partial charge is 0.444 e. The lowest BCUT2D eigenvalue weighted by Crippen LogP contribution is -2.37. The molecule has 21 heavy (non-hydrogen) atoms. The van der Waals surface area contributed by atoms with Crippen molar-refractivity contribution >= 4 is 11.3 Å². The lowest BCUT2D eigenvalue weighted by Gasteiger charge is -2.31. The van der Waals surface area contributed by atoms with Crippen LogP contribution in [0.4, 0.5) is 0 Å². The van der Waals surface area contributed by atoms with Gasteiger partial charge in [0, 0.05) is 19.6 Å². The van der Waals surface area contributed by atoms with E-state index in [9.17, 15) is 0 Å². The molecule has 0 amide bonds. The van der Waals surface area contributed by atoms with Crippen LogP contribution in [0.25, 0.3) is 10.8 Å². The van der Waals surface area contributed by atoms with E-state index in [2.05, 4.69) is 9.88 Å². The predicted molar refractivity (Wildman–Crippen MR) is 81.2 cm³/mol. The zero-order valence-electron chi connectivity index (χ0n) is 11.9. The number of ether oxygens (including phenoxy) is 1. The Balaban J connectivity index is 1.49. The number of thiophene rings is 1. The summed E-state index contributed by atoms with van der Waals surface area (Å²) in [4.78, 5) is 7.99. The third kappa shape index (κ3) is 3.91. The van der Waals surface area contributed by atoms with E-state index in [1.165, 1.54) is 0 Å². The quantitative estimate of drug-likeness (QED) is 0.888. The summed E-state index contributed by atoms with van der Waals surface area (Å²) < 4.78 is 11.1. The van der Waals surface area contributed by atoms with Crippen LogP contribution in [0.5, 0.6) is 0 Å². The maximum atomic E-state index is 8.77. The van der Waals surface area contributed by atoms with Gasteiger partial charge in [-0.3, -0.25) is 4.90 Å². The van der Waals surface area contributed by atoms with Crippen molar-refractivity contribution in [3.8, 4) is 10.8 Å². The molecule has 0 atom stereocenters. The molecule has 0 spiro atoms. The molecule has 1 fully saturated rings. The number of hydrogen-bond donors (Lipinski definition) is 1. The molecule has 3 heterocycles. The number of nitrogens with zero attached hydrogens (tertiary/aromatic N) is 2. The summed E-state index contributed by atoms with van der Waals surface area (Å²) in [5.74, 6) is 0.709. The molecule has 3 rings (SSSR count). The van der Waals surface area contributed by atoms with Gasteiger partial charge in [0.1, 0.15) is 6.26 Å². The molecule has 0 unspecified atom stereocenters. The highest BCUT2D eigenvalue weighted by molar-refractivity contribution is 7.13. The summed E-state index contributed by atoms with van der Waals surface area (Å²) in [7, 11) is 0. The molecule has 1 N–H and O–H groups in total. The third-order valence-corrected chi connectivity index (χ3v) is 4.51. The van der Waals surface area contributed by atoms with Crippen LogP contribution in [0.1, 0.15) is 18.5 Å². The minimum atomic E-state index is 0.102. The van der Waals surface area contributed by atoms with Crippen molar-refractivity contribution in [2.45, 2.75) is 25.5 Å². The van der Waals surface area contributed by atoms with Gasteiger partial charge >= 0.3 is 0 Å². The van der Waals surface area contributed by atoms with E-state index >= 15 is 0 Å². The first-order chi connectivity index (χ1) is 10.3. The molecule has 0 radical (unpaired) electrons. The van der Waals surface area contributed by atoms with Crippen LogP contribution in [0.2, 0.25) is 0 Å². The minimum absolute atomic E-state index is 0.102. The molecule has 114 valence electrons. The van der Waals surface area contributed by atoms with Crippen LogP contribution < -0.4 is 0 Å². The number of oxazole rings is 1. The molecule has 1 aliphatic heterocycles. The molecule has 5 nitrogen and oxygen atoms in total. The van der Waals surface area contributed by atoms with E-state index in [0.717, 1.165) is 43.0 Å². The summed E-state index contributed by atoms with van der Waals surface area (Å²) in [6, 6.07) is 4.02. The van der Waals surface area contributed by atoms with E-state index in [-0.39, 0.29) is 12.7 Å². The summed E-state index contributed by atoms with van der Waals surface area (Å²) in [6.45, 7) is 3.36. The van der Waals surface area contributed by atoms with Gasteiger partial charge in [0.05, 0.1) is 29.9 Å². The van der Waals surface area contributed by atoms with E-state index in [1.54, 1.807) is 17.6 Å². The summed E-state index contributed by atoms with van der Waals surface area (Å²) in [5.41, 5.74) is 0.980. The van der Waals surface area contributed by atoms with E-state index < -0.39 is 0 Å². The van der Waals surface area contributed by atoms with Crippen LogP contribution in [0.15, 0.2) is 28.2 Å². The highest BCUT2D eigenvalue weighted by atomic mass is 32.1. The van der Waals surface area contributed by atoms with Crippen molar-refractivity contribution in [1.82, 2.24) is 9.88 Å². The number of aromatic nitrogens is 1. The number of hydrogen-bond acceptors (Lipinski definition) is 6. The van der Waals surface area contributed by atoms with E-state index in [1.807, 2.05) is 17.5 Å². The van der Waals surface area contributed by atoms with Crippen LogP contribution >= 0.6 is 11.3 Å². The fourth-order valence-electron chi connectivity index (χ4n) is 2.58. The zero-order chi connectivity index (χ0) is 14.5. The topological polar surface area (TPSA) is 58.7 Å². The van der Waals surface area contributed by atoms with Crippen molar-refractivity contribution in [2.24, 2.45) is 0 Å². The van der Waals surface area contributed by atoms with Crippen LogP contribution in [-0.4, -0.2) is 47.4 Å². The first-order valence-corrected chi connectivity index (χ1v) is 8.16. The van der Waals surface area contributed by atoms with Crippen LogP contribution in [-0.2, 0) is 11.3 Å². The van der Waals surface area contributed by atoms with Gasteiger partial charge in [-0.15, -0.1) is 11.3 Å². The van der Waals surface area contributed by atoms with Gasteiger partial charge in [0.2, 0.25) is 5.89 Å². The molecule has 1 aliphatic rings. The van der Waals surface area contributed by atoms with Crippen molar-refractivity contribution in [2.75, 3.05) is 26.3 Å². The molecule has 0 bridgehead atoms. The molecule has 1 saturated heterocycles. The Hall–Kier alpha value is -1.21. The first kappa shape index (κ1) is 14.7. The minimum Gasteiger partial charge on any atom is -0.444 e. The van der Waals surface area contributed by atoms with Crippen LogP contribution in [0, 0.1) is 0 Å². The molecule has 2 aromatic heterocycles. The highest BCUT2D eigenvalue weighted by Crippen LogP contribution is 2.24. The summed E-state index contributed by atoms with van der Waals surface area (Å²) >= 11 is 1.64. The third-order valence-electron chi connectivity index (χ3n) is 3.65. The SMILES string of the molecule is OCCOC1CCN(Cc2coc(-c3cccs3)n2)CC1. The first-order valence-electron chi connectivity index (χ1n) is 7.28. The Bertz CT molecular complexity index is 533. The lowest BCUT2D eigenvalue weighted by molar-refractivity contribution is -0.00919. The van der Waals surface area contributed by atoms with Gasteiger partial charge < -0.3 is 14.3 Å². The normalized spacial score (nSPS) is 17.4. The fourth-order valence-corrected chi connectivity index (χ4v) is 3.23. The van der Waals surface area contributed by atoms with Gasteiger partial charge in [0.15, 0.2) is 0 Å². The summed E-state index contributed by atoms with van der Waals surface area (Å²) in [5, 5.41) is 10.8. The molecule has 6 heteroatoms. The van der Waals surface area contributed by atoms with Crippen molar-refractivity contribution in [3.63, 3.8) is 0 Å². The second-order valence-corrected chi connectivity index (χ2v) is 6.14. The number of aliphatic hydroxyl groups excluding tert-OH is 1. The maximum absolute atomic E-state index is 8.77. The van der Waals surface area contributed by atoms with Crippen LogP contribution in [0.3, 0.4) is 0 Å². The average molecular weight is 308 g/mol. The molecular formula is C15H20N2O3S. The Morgan fingerprint density at radius 2 is 2.29 bits per heavy atom. The van der Waals surface area contributed by atoms with Gasteiger partial charge in [0.25, 0.3) is 0 Å². The molecule has 0 aromatic carbocycles. The Morgan fingerprint density at radius 1 is 1.43 bits per heavy atom. The molecule has 0 saturated carbocycles. The smallest absolute Gasteiger partial charge is 0.236 e. The highest BCUT2D eigenvalue weighted by Gasteiger charge is 2.20. The van der Waals surface area contributed by atoms with E-state index in [4.69, 9.17) is 14.3 Å². The standard InChI is InChI=1S/C15H20N2O3S/c18-7-8-19-13-3-5-17(6-4-13)10-12-11-20-15(16-12)14-2-1-9-21-14/h1-2,9,11,13,18H,3-8,10H2. The second kappa shape index (κ2) is 7.17. The number of likely N-dealkylation sites (tertiary alicyclic amines) is 1. The Labute approximate surface area is 128 Å². The molecular weight excluding hydrogens is 288 g/mol. The monoisotopic (exact) mass is 308 g/mol. The van der Waals surface area contributed by atoms with Gasteiger partial charge in [-0.25, -0.2) is 4.98 Å². The van der Waals surface area contributed by atoms with Crippen molar-refractivity contribution < 1.29 is 14.3 Å². The molecule has 2 aromatic rings. The summed E-state index contributed by atoms with van der Waals surface area (Å²) in [6.07, 6.45) is 4.06. The number of aliphatic hydroxyl groups is 1. The average Bonchev–Trinajstić information content (AvgIpc) is 3.17. The van der Waals surface area contributed by atoms with Gasteiger partial charge in [-0.05, 0) is 24.3 Å². The fraction of sp³-hybridized carbons (Fsp3) is 0.533. The van der Waals surface area contributed by atoms with Crippen molar-refractivity contribution in [1.29, 1.82) is 0 Å². The number of piperidine rings is 1. The lowest BCUT2D eigenvalue weighted by atomic mass is 10.1. The second-order valence-electron chi connectivity index (χ2n) is 5.19. The number of rotatable bonds is 6. The zero-order valence-corrected chi connectivity index (χ0v) is 12.7. The van der Waals surface area contributed by atoms with Gasteiger partial charge in [-0.1, -0.05) is 6.07 Å². The van der Waals surface area contributed by atoms with Crippen molar-refractivity contribution in [3.05, 3.63) is 29.5 Å². The Morgan fingerprint density at radius 3 is 3.00 bits per heavy atom. The maximum Gasteiger partial charge on any atom is 0.236 e. The predicted octanol–water partition coefficient (Wildman–Crippen LogP) is 2.38.